The van der Waals surface area contributed by atoms with Crippen LogP contribution in [0.2, 0.25) is 0 Å². The van der Waals surface area contributed by atoms with Crippen molar-refractivity contribution in [2.45, 2.75) is 19.8 Å². The fraction of sp³-hybridized carbons (Fsp3) is 0.150. The van der Waals surface area contributed by atoms with Crippen LogP contribution in [0.5, 0.6) is 0 Å². The van der Waals surface area contributed by atoms with Gasteiger partial charge in [0, 0.05) is 22.3 Å². The summed E-state index contributed by atoms with van der Waals surface area (Å²) in [6.45, 7) is 3.92. The maximum Gasteiger partial charge on any atom is 0.0527 e. The minimum absolute atomic E-state index is 0.0158. The molecule has 0 aromatic heterocycles. The van der Waals surface area contributed by atoms with Gasteiger partial charge in [-0.2, -0.15) is 0 Å². The van der Waals surface area contributed by atoms with Crippen molar-refractivity contribution in [3.63, 3.8) is 0 Å². The van der Waals surface area contributed by atoms with E-state index in [1.54, 1.807) is 0 Å². The van der Waals surface area contributed by atoms with Crippen molar-refractivity contribution in [3.05, 3.63) is 88.0 Å². The smallest absolute Gasteiger partial charge is 0.0527 e. The van der Waals surface area contributed by atoms with Gasteiger partial charge in [0.25, 0.3) is 0 Å². The Balaban J connectivity index is 2.51. The second kappa shape index (κ2) is 9.21. The summed E-state index contributed by atoms with van der Waals surface area (Å²) in [6.07, 6.45) is 5.96. The van der Waals surface area contributed by atoms with E-state index >= 15 is 0 Å². The summed E-state index contributed by atoms with van der Waals surface area (Å²) in [5, 5.41) is 0. The highest BCUT2D eigenvalue weighted by molar-refractivity contribution is 9.10. The maximum absolute atomic E-state index is 5.80. The maximum atomic E-state index is 5.80. The quantitative estimate of drug-likeness (QED) is 0.417. The number of nitrogens with one attached hydrogen (secondary N) is 1. The van der Waals surface area contributed by atoms with Crippen molar-refractivity contribution in [1.82, 2.24) is 5.43 Å². The molecule has 0 heterocycles. The topological polar surface area (TPSA) is 50.4 Å². The van der Waals surface area contributed by atoms with E-state index in [1.807, 2.05) is 68.6 Å². The first-order chi connectivity index (χ1) is 11.7. The van der Waals surface area contributed by atoms with Gasteiger partial charge in [-0.05, 0) is 43.2 Å². The van der Waals surface area contributed by atoms with Crippen LogP contribution in [0.25, 0.3) is 5.70 Å². The van der Waals surface area contributed by atoms with Gasteiger partial charge in [0.2, 0.25) is 0 Å². The summed E-state index contributed by atoms with van der Waals surface area (Å²) >= 11 is 3.46. The lowest BCUT2D eigenvalue weighted by molar-refractivity contribution is 0.931. The average Bonchev–Trinajstić information content (AvgIpc) is 2.63. The van der Waals surface area contributed by atoms with Crippen molar-refractivity contribution in [2.24, 2.45) is 10.8 Å². The Labute approximate surface area is 152 Å². The molecule has 1 unspecified atom stereocenters. The highest BCUT2D eigenvalue weighted by Gasteiger charge is 2.15. The van der Waals surface area contributed by atoms with Crippen molar-refractivity contribution in [2.75, 3.05) is 0 Å². The molecule has 3 N–H and O–H groups in total. The number of hydrogen-bond acceptors (Lipinski definition) is 3. The number of halogens is 1. The predicted octanol–water partition coefficient (Wildman–Crippen LogP) is 5.03. The molecule has 4 heteroatoms. The van der Waals surface area contributed by atoms with Gasteiger partial charge >= 0.3 is 0 Å². The molecule has 2 aromatic rings. The Bertz CT molecular complexity index is 731. The van der Waals surface area contributed by atoms with E-state index in [-0.39, 0.29) is 5.92 Å². The molecule has 2 aromatic carbocycles. The Kier molecular flexibility index (Phi) is 6.97. The van der Waals surface area contributed by atoms with Crippen LogP contribution in [0.3, 0.4) is 0 Å². The molecule has 0 saturated carbocycles. The third-order valence-corrected chi connectivity index (χ3v) is 4.22. The second-order valence-corrected chi connectivity index (χ2v) is 6.14. The Morgan fingerprint density at radius 1 is 1.08 bits per heavy atom. The number of aliphatic imine (C=N–C) groups is 1. The molecule has 0 radical (unpaired) electrons. The fourth-order valence-electron chi connectivity index (χ4n) is 2.52. The fourth-order valence-corrected chi connectivity index (χ4v) is 2.78. The Morgan fingerprint density at radius 3 is 2.29 bits per heavy atom. The standard InChI is InChI=1S/C20H22BrN3/c1-3-19(23-4-2)18(15-8-6-5-7-9-15)14-20(24-22)16-10-12-17(21)13-11-16/h3-14,18,24H,22H2,1-2H3/b19-3-,20-14-,23-4?. The van der Waals surface area contributed by atoms with Crippen LogP contribution < -0.4 is 11.3 Å². The third kappa shape index (κ3) is 4.66. The lowest BCUT2D eigenvalue weighted by Gasteiger charge is -2.17. The van der Waals surface area contributed by atoms with Crippen LogP contribution in [-0.4, -0.2) is 6.21 Å². The predicted molar refractivity (Wildman–Crippen MR) is 107 cm³/mol. The van der Waals surface area contributed by atoms with Crippen LogP contribution in [0.1, 0.15) is 30.9 Å². The van der Waals surface area contributed by atoms with Gasteiger partial charge in [0.15, 0.2) is 0 Å². The van der Waals surface area contributed by atoms with E-state index in [0.29, 0.717) is 0 Å². The lowest BCUT2D eigenvalue weighted by Crippen LogP contribution is -2.21. The number of hydrazine groups is 1. The second-order valence-electron chi connectivity index (χ2n) is 5.22. The van der Waals surface area contributed by atoms with Gasteiger partial charge in [-0.15, -0.1) is 0 Å². The summed E-state index contributed by atoms with van der Waals surface area (Å²) in [7, 11) is 0. The minimum Gasteiger partial charge on any atom is -0.324 e. The first-order valence-corrected chi connectivity index (χ1v) is 8.63. The normalized spacial score (nSPS) is 14.0. The van der Waals surface area contributed by atoms with Gasteiger partial charge in [-0.1, -0.05) is 64.5 Å². The van der Waals surface area contributed by atoms with Crippen molar-refractivity contribution in [3.8, 4) is 0 Å². The zero-order valence-electron chi connectivity index (χ0n) is 13.9. The molecule has 2 rings (SSSR count). The van der Waals surface area contributed by atoms with Crippen molar-refractivity contribution < 1.29 is 0 Å². The molecule has 0 fully saturated rings. The summed E-state index contributed by atoms with van der Waals surface area (Å²) in [5.41, 5.74) is 6.86. The van der Waals surface area contributed by atoms with Gasteiger partial charge in [-0.25, -0.2) is 0 Å². The lowest BCUT2D eigenvalue weighted by atomic mass is 9.93. The van der Waals surface area contributed by atoms with Crippen LogP contribution >= 0.6 is 15.9 Å². The monoisotopic (exact) mass is 383 g/mol. The van der Waals surface area contributed by atoms with E-state index in [0.717, 1.165) is 21.4 Å². The molecule has 0 amide bonds. The molecule has 1 atom stereocenters. The Hall–Kier alpha value is -2.17. The average molecular weight is 384 g/mol. The molecule has 0 aliphatic rings. The SMILES string of the molecule is CC=N/C(=C\C)C(/C=C(\NN)c1ccc(Br)cc1)c1ccccc1. The number of rotatable bonds is 6. The summed E-state index contributed by atoms with van der Waals surface area (Å²) in [6, 6.07) is 18.3. The van der Waals surface area contributed by atoms with Crippen LogP contribution in [0.4, 0.5) is 0 Å². The molecule has 0 spiro atoms. The molecule has 24 heavy (non-hydrogen) atoms. The molecule has 0 aliphatic heterocycles. The zero-order chi connectivity index (χ0) is 17.4. The van der Waals surface area contributed by atoms with Crippen LogP contribution in [-0.2, 0) is 0 Å². The molecular formula is C20H22BrN3. The largest absolute Gasteiger partial charge is 0.324 e. The summed E-state index contributed by atoms with van der Waals surface area (Å²) in [4.78, 5) is 4.53. The third-order valence-electron chi connectivity index (χ3n) is 3.70. The van der Waals surface area contributed by atoms with Crippen molar-refractivity contribution in [1.29, 1.82) is 0 Å². The molecule has 124 valence electrons. The molecule has 0 bridgehead atoms. The number of allylic oxidation sites excluding steroid dienone is 2. The summed E-state index contributed by atoms with van der Waals surface area (Å²) < 4.78 is 1.03. The number of nitrogens with zero attached hydrogens (tertiary/aromatic N) is 1. The first-order valence-electron chi connectivity index (χ1n) is 7.83. The van der Waals surface area contributed by atoms with Crippen molar-refractivity contribution >= 4 is 27.8 Å². The number of nitrogens with two attached hydrogens (primary N) is 1. The van der Waals surface area contributed by atoms with E-state index < -0.39 is 0 Å². The van der Waals surface area contributed by atoms with E-state index in [2.05, 4.69) is 44.6 Å². The molecule has 0 saturated heterocycles. The van der Waals surface area contributed by atoms with Crippen LogP contribution in [0, 0.1) is 0 Å². The van der Waals surface area contributed by atoms with E-state index in [1.165, 1.54) is 5.56 Å². The van der Waals surface area contributed by atoms with Crippen LogP contribution in [0.15, 0.2) is 81.9 Å². The minimum atomic E-state index is 0.0158. The first kappa shape index (κ1) is 18.2. The van der Waals surface area contributed by atoms with Gasteiger partial charge in [0.1, 0.15) is 0 Å². The molecule has 3 nitrogen and oxygen atoms in total. The van der Waals surface area contributed by atoms with Gasteiger partial charge in [-0.3, -0.25) is 10.8 Å². The number of benzene rings is 2. The van der Waals surface area contributed by atoms with E-state index in [9.17, 15) is 0 Å². The number of hydrogen-bond donors (Lipinski definition) is 2. The molecule has 0 aliphatic carbocycles. The van der Waals surface area contributed by atoms with E-state index in [4.69, 9.17) is 5.84 Å². The highest BCUT2D eigenvalue weighted by atomic mass is 79.9. The summed E-state index contributed by atoms with van der Waals surface area (Å²) in [5.74, 6) is 5.81. The van der Waals surface area contributed by atoms with Gasteiger partial charge < -0.3 is 5.43 Å². The zero-order valence-corrected chi connectivity index (χ0v) is 15.5. The Morgan fingerprint density at radius 2 is 1.75 bits per heavy atom. The highest BCUT2D eigenvalue weighted by Crippen LogP contribution is 2.29. The molecular weight excluding hydrogens is 362 g/mol. The van der Waals surface area contributed by atoms with Gasteiger partial charge in [0.05, 0.1) is 5.70 Å².